The standard InChI is InChI=1S/C18H20N4OS/c1-10-11(2)24-18-15(10)16(21-12(3)22-18)20-9-13-5-7-14(8-6-13)17(23)19-4/h5-8H,9H2,1-4H3,(H,19,23)(H,20,21,22). The molecule has 2 N–H and O–H groups in total. The molecule has 0 fully saturated rings. The van der Waals surface area contributed by atoms with Gasteiger partial charge in [-0.05, 0) is 44.0 Å². The fraction of sp³-hybridized carbons (Fsp3) is 0.278. The van der Waals surface area contributed by atoms with E-state index >= 15 is 0 Å². The van der Waals surface area contributed by atoms with E-state index in [1.165, 1.54) is 10.4 Å². The molecular weight excluding hydrogens is 320 g/mol. The van der Waals surface area contributed by atoms with Gasteiger partial charge in [-0.1, -0.05) is 12.1 Å². The molecule has 24 heavy (non-hydrogen) atoms. The fourth-order valence-corrected chi connectivity index (χ4v) is 3.66. The Kier molecular flexibility index (Phi) is 4.49. The number of rotatable bonds is 4. The van der Waals surface area contributed by atoms with Gasteiger partial charge in [0.1, 0.15) is 16.5 Å². The lowest BCUT2D eigenvalue weighted by Gasteiger charge is -2.09. The zero-order valence-electron chi connectivity index (χ0n) is 14.2. The number of amides is 1. The van der Waals surface area contributed by atoms with Crippen molar-refractivity contribution in [1.82, 2.24) is 15.3 Å². The van der Waals surface area contributed by atoms with Gasteiger partial charge in [0.05, 0.1) is 5.39 Å². The topological polar surface area (TPSA) is 66.9 Å². The average molecular weight is 340 g/mol. The molecule has 0 saturated carbocycles. The van der Waals surface area contributed by atoms with Gasteiger partial charge in [0, 0.05) is 24.0 Å². The number of benzene rings is 1. The van der Waals surface area contributed by atoms with Gasteiger partial charge < -0.3 is 10.6 Å². The van der Waals surface area contributed by atoms with Crippen LogP contribution in [0.4, 0.5) is 5.82 Å². The Morgan fingerprint density at radius 3 is 2.50 bits per heavy atom. The zero-order chi connectivity index (χ0) is 17.3. The lowest BCUT2D eigenvalue weighted by Crippen LogP contribution is -2.17. The summed E-state index contributed by atoms with van der Waals surface area (Å²) < 4.78 is 0. The third-order valence-electron chi connectivity index (χ3n) is 4.04. The number of nitrogens with zero attached hydrogens (tertiary/aromatic N) is 2. The molecule has 0 saturated heterocycles. The van der Waals surface area contributed by atoms with E-state index in [0.29, 0.717) is 12.1 Å². The van der Waals surface area contributed by atoms with Crippen LogP contribution in [0.15, 0.2) is 24.3 Å². The summed E-state index contributed by atoms with van der Waals surface area (Å²) in [6.45, 7) is 6.77. The Labute approximate surface area is 145 Å². The maximum Gasteiger partial charge on any atom is 0.251 e. The quantitative estimate of drug-likeness (QED) is 0.762. The highest BCUT2D eigenvalue weighted by molar-refractivity contribution is 7.18. The number of aromatic nitrogens is 2. The minimum atomic E-state index is -0.0768. The van der Waals surface area contributed by atoms with Crippen LogP contribution in [0.2, 0.25) is 0 Å². The molecule has 0 bridgehead atoms. The van der Waals surface area contributed by atoms with Crippen molar-refractivity contribution in [3.63, 3.8) is 0 Å². The van der Waals surface area contributed by atoms with E-state index in [-0.39, 0.29) is 5.91 Å². The van der Waals surface area contributed by atoms with Gasteiger partial charge in [0.25, 0.3) is 5.91 Å². The SMILES string of the molecule is CNC(=O)c1ccc(CNc2nc(C)nc3sc(C)c(C)c23)cc1. The number of fused-ring (bicyclic) bond motifs is 1. The number of hydrogen-bond donors (Lipinski definition) is 2. The highest BCUT2D eigenvalue weighted by atomic mass is 32.1. The number of thiophene rings is 1. The van der Waals surface area contributed by atoms with E-state index in [2.05, 4.69) is 34.4 Å². The van der Waals surface area contributed by atoms with Crippen LogP contribution < -0.4 is 10.6 Å². The van der Waals surface area contributed by atoms with E-state index in [1.54, 1.807) is 18.4 Å². The monoisotopic (exact) mass is 340 g/mol. The summed E-state index contributed by atoms with van der Waals surface area (Å²) in [5, 5.41) is 7.14. The maximum absolute atomic E-state index is 11.6. The van der Waals surface area contributed by atoms with Crippen molar-refractivity contribution >= 4 is 33.3 Å². The largest absolute Gasteiger partial charge is 0.365 e. The van der Waals surface area contributed by atoms with Gasteiger partial charge in [0.15, 0.2) is 0 Å². The number of carbonyl (C=O) groups is 1. The van der Waals surface area contributed by atoms with Crippen LogP contribution in [-0.2, 0) is 6.54 Å². The van der Waals surface area contributed by atoms with Gasteiger partial charge in [-0.25, -0.2) is 9.97 Å². The predicted octanol–water partition coefficient (Wildman–Crippen LogP) is 3.59. The lowest BCUT2D eigenvalue weighted by atomic mass is 10.1. The molecule has 0 unspecified atom stereocenters. The van der Waals surface area contributed by atoms with Crippen molar-refractivity contribution in [3.8, 4) is 0 Å². The molecule has 0 spiro atoms. The number of hydrogen-bond acceptors (Lipinski definition) is 5. The van der Waals surface area contributed by atoms with Crippen LogP contribution in [0, 0.1) is 20.8 Å². The van der Waals surface area contributed by atoms with Crippen LogP contribution in [0.5, 0.6) is 0 Å². The highest BCUT2D eigenvalue weighted by Gasteiger charge is 2.13. The summed E-state index contributed by atoms with van der Waals surface area (Å²) in [4.78, 5) is 23.0. The van der Waals surface area contributed by atoms with Gasteiger partial charge in [0.2, 0.25) is 0 Å². The summed E-state index contributed by atoms with van der Waals surface area (Å²) in [6.07, 6.45) is 0. The Hall–Kier alpha value is -2.47. The zero-order valence-corrected chi connectivity index (χ0v) is 15.0. The van der Waals surface area contributed by atoms with Gasteiger partial charge in [-0.15, -0.1) is 11.3 Å². The summed E-state index contributed by atoms with van der Waals surface area (Å²) >= 11 is 1.70. The second kappa shape index (κ2) is 6.57. The fourth-order valence-electron chi connectivity index (χ4n) is 2.59. The van der Waals surface area contributed by atoms with E-state index in [1.807, 2.05) is 31.2 Å². The van der Waals surface area contributed by atoms with Gasteiger partial charge >= 0.3 is 0 Å². The molecule has 0 aliphatic rings. The molecule has 1 amide bonds. The number of anilines is 1. The van der Waals surface area contributed by atoms with E-state index < -0.39 is 0 Å². The normalized spacial score (nSPS) is 10.8. The van der Waals surface area contributed by atoms with Gasteiger partial charge in [-0.3, -0.25) is 4.79 Å². The summed E-state index contributed by atoms with van der Waals surface area (Å²) in [5.41, 5.74) is 2.98. The Morgan fingerprint density at radius 2 is 1.83 bits per heavy atom. The average Bonchev–Trinajstić information content (AvgIpc) is 2.86. The van der Waals surface area contributed by atoms with E-state index in [9.17, 15) is 4.79 Å². The predicted molar refractivity (Wildman–Crippen MR) is 98.8 cm³/mol. The van der Waals surface area contributed by atoms with Crippen LogP contribution in [0.3, 0.4) is 0 Å². The lowest BCUT2D eigenvalue weighted by molar-refractivity contribution is 0.0963. The first kappa shape index (κ1) is 16.4. The Balaban J connectivity index is 1.84. The van der Waals surface area contributed by atoms with Crippen molar-refractivity contribution in [2.24, 2.45) is 0 Å². The highest BCUT2D eigenvalue weighted by Crippen LogP contribution is 2.33. The van der Waals surface area contributed by atoms with E-state index in [4.69, 9.17) is 0 Å². The van der Waals surface area contributed by atoms with Crippen molar-refractivity contribution < 1.29 is 4.79 Å². The molecule has 0 radical (unpaired) electrons. The molecule has 1 aromatic carbocycles. The molecule has 3 rings (SSSR count). The first-order chi connectivity index (χ1) is 11.5. The second-order valence-corrected chi connectivity index (χ2v) is 6.92. The molecular formula is C18H20N4OS. The molecule has 3 aromatic rings. The minimum absolute atomic E-state index is 0.0768. The van der Waals surface area contributed by atoms with Crippen LogP contribution in [-0.4, -0.2) is 22.9 Å². The third kappa shape index (κ3) is 3.10. The first-order valence-electron chi connectivity index (χ1n) is 7.79. The van der Waals surface area contributed by atoms with Crippen LogP contribution in [0.25, 0.3) is 10.2 Å². The molecule has 6 heteroatoms. The second-order valence-electron chi connectivity index (χ2n) is 5.71. The minimum Gasteiger partial charge on any atom is -0.365 e. The molecule has 2 heterocycles. The van der Waals surface area contributed by atoms with Crippen LogP contribution in [0.1, 0.15) is 32.2 Å². The molecule has 124 valence electrons. The van der Waals surface area contributed by atoms with Crippen molar-refractivity contribution in [2.75, 3.05) is 12.4 Å². The van der Waals surface area contributed by atoms with Gasteiger partial charge in [-0.2, -0.15) is 0 Å². The molecule has 5 nitrogen and oxygen atoms in total. The maximum atomic E-state index is 11.6. The summed E-state index contributed by atoms with van der Waals surface area (Å²) in [7, 11) is 1.63. The molecule has 2 aromatic heterocycles. The van der Waals surface area contributed by atoms with Crippen LogP contribution >= 0.6 is 11.3 Å². The number of carbonyl (C=O) groups excluding carboxylic acids is 1. The Bertz CT molecular complexity index is 900. The number of nitrogens with one attached hydrogen (secondary N) is 2. The number of aryl methyl sites for hydroxylation is 3. The summed E-state index contributed by atoms with van der Waals surface area (Å²) in [5.74, 6) is 1.56. The molecule has 0 aliphatic carbocycles. The Morgan fingerprint density at radius 1 is 1.12 bits per heavy atom. The smallest absolute Gasteiger partial charge is 0.251 e. The van der Waals surface area contributed by atoms with Crippen molar-refractivity contribution in [3.05, 3.63) is 51.7 Å². The van der Waals surface area contributed by atoms with E-state index in [0.717, 1.165) is 27.4 Å². The third-order valence-corrected chi connectivity index (χ3v) is 5.14. The van der Waals surface area contributed by atoms with Crippen molar-refractivity contribution in [2.45, 2.75) is 27.3 Å². The first-order valence-corrected chi connectivity index (χ1v) is 8.60. The van der Waals surface area contributed by atoms with Crippen molar-refractivity contribution in [1.29, 1.82) is 0 Å². The summed E-state index contributed by atoms with van der Waals surface area (Å²) in [6, 6.07) is 7.57. The molecule has 0 aliphatic heterocycles. The molecule has 0 atom stereocenters.